The van der Waals surface area contributed by atoms with Crippen molar-refractivity contribution in [1.29, 1.82) is 0 Å². The molecule has 0 radical (unpaired) electrons. The van der Waals surface area contributed by atoms with E-state index in [0.717, 1.165) is 0 Å². The van der Waals surface area contributed by atoms with Crippen LogP contribution in [0.15, 0.2) is 11.1 Å². The number of hydrogen-bond acceptors (Lipinski definition) is 4. The third kappa shape index (κ3) is 1.46. The average molecular weight is 198 g/mol. The van der Waals surface area contributed by atoms with E-state index < -0.39 is 11.6 Å². The fourth-order valence-corrected chi connectivity index (χ4v) is 1.54. The molecule has 0 fully saturated rings. The predicted molar refractivity (Wildman–Crippen MR) is 49.6 cm³/mol. The van der Waals surface area contributed by atoms with E-state index >= 15 is 0 Å². The molecule has 0 saturated carbocycles. The lowest BCUT2D eigenvalue weighted by atomic mass is 9.85. The molecule has 14 heavy (non-hydrogen) atoms. The van der Waals surface area contributed by atoms with Gasteiger partial charge in [0.25, 0.3) is 0 Å². The number of esters is 1. The summed E-state index contributed by atoms with van der Waals surface area (Å²) >= 11 is 0. The van der Waals surface area contributed by atoms with E-state index in [1.807, 2.05) is 0 Å². The fourth-order valence-electron chi connectivity index (χ4n) is 1.54. The third-order valence-electron chi connectivity index (χ3n) is 2.69. The summed E-state index contributed by atoms with van der Waals surface area (Å²) in [4.78, 5) is 22.5. The maximum absolute atomic E-state index is 11.3. The van der Waals surface area contributed by atoms with Gasteiger partial charge in [-0.15, -0.1) is 0 Å². The van der Waals surface area contributed by atoms with Gasteiger partial charge in [-0.05, 0) is 25.8 Å². The van der Waals surface area contributed by atoms with Crippen LogP contribution >= 0.6 is 0 Å². The quantitative estimate of drug-likeness (QED) is 0.659. The minimum Gasteiger partial charge on any atom is -0.458 e. The lowest BCUT2D eigenvalue weighted by molar-refractivity contribution is -0.163. The van der Waals surface area contributed by atoms with Crippen LogP contribution in [0.5, 0.6) is 0 Å². The zero-order valence-corrected chi connectivity index (χ0v) is 8.59. The zero-order chi connectivity index (χ0) is 10.9. The SMILES string of the molecule is CCC1(O)C(=O)OCC(C(C)=O)=C1C. The number of hydrogen-bond donors (Lipinski definition) is 1. The Bertz CT molecular complexity index is 316. The van der Waals surface area contributed by atoms with Gasteiger partial charge in [0.05, 0.1) is 0 Å². The summed E-state index contributed by atoms with van der Waals surface area (Å²) in [7, 11) is 0. The normalized spacial score (nSPS) is 27.6. The number of rotatable bonds is 2. The van der Waals surface area contributed by atoms with Gasteiger partial charge in [0.15, 0.2) is 11.4 Å². The molecule has 4 nitrogen and oxygen atoms in total. The minimum atomic E-state index is -1.61. The highest BCUT2D eigenvalue weighted by Crippen LogP contribution is 2.29. The van der Waals surface area contributed by atoms with Crippen LogP contribution in [0.3, 0.4) is 0 Å². The number of carbonyl (C=O) groups is 2. The van der Waals surface area contributed by atoms with E-state index in [4.69, 9.17) is 4.74 Å². The van der Waals surface area contributed by atoms with Crippen molar-refractivity contribution in [2.45, 2.75) is 32.8 Å². The van der Waals surface area contributed by atoms with Crippen molar-refractivity contribution in [1.82, 2.24) is 0 Å². The highest BCUT2D eigenvalue weighted by atomic mass is 16.6. The summed E-state index contributed by atoms with van der Waals surface area (Å²) in [5.41, 5.74) is -0.795. The van der Waals surface area contributed by atoms with Gasteiger partial charge in [0.1, 0.15) is 6.61 Å². The molecule has 0 bridgehead atoms. The van der Waals surface area contributed by atoms with Crippen LogP contribution in [0, 0.1) is 0 Å². The van der Waals surface area contributed by atoms with E-state index in [2.05, 4.69) is 0 Å². The first kappa shape index (κ1) is 10.9. The smallest absolute Gasteiger partial charge is 0.342 e. The van der Waals surface area contributed by atoms with Gasteiger partial charge >= 0.3 is 5.97 Å². The van der Waals surface area contributed by atoms with Gasteiger partial charge in [0.2, 0.25) is 0 Å². The summed E-state index contributed by atoms with van der Waals surface area (Å²) in [6.45, 7) is 4.64. The molecular formula is C10H14O4. The molecule has 0 spiro atoms. The van der Waals surface area contributed by atoms with Crippen LogP contribution in [0.1, 0.15) is 27.2 Å². The first-order valence-corrected chi connectivity index (χ1v) is 4.54. The predicted octanol–water partition coefficient (Wildman–Crippen LogP) is 0.590. The summed E-state index contributed by atoms with van der Waals surface area (Å²) < 4.78 is 4.76. The van der Waals surface area contributed by atoms with Crippen LogP contribution < -0.4 is 0 Å². The molecule has 4 heteroatoms. The molecule has 0 aromatic heterocycles. The monoisotopic (exact) mass is 198 g/mol. The van der Waals surface area contributed by atoms with Crippen molar-refractivity contribution < 1.29 is 19.4 Å². The fraction of sp³-hybridized carbons (Fsp3) is 0.600. The molecule has 1 aliphatic rings. The van der Waals surface area contributed by atoms with E-state index in [9.17, 15) is 14.7 Å². The second kappa shape index (κ2) is 3.53. The van der Waals surface area contributed by atoms with Crippen molar-refractivity contribution in [3.8, 4) is 0 Å². The molecule has 1 unspecified atom stereocenters. The number of Topliss-reactive ketones (excluding diaryl/α,β-unsaturated/α-hetero) is 1. The van der Waals surface area contributed by atoms with Crippen molar-refractivity contribution in [2.75, 3.05) is 6.61 Å². The molecule has 0 aromatic rings. The van der Waals surface area contributed by atoms with E-state index in [0.29, 0.717) is 11.1 Å². The Labute approximate surface area is 82.6 Å². The minimum absolute atomic E-state index is 0.0255. The highest BCUT2D eigenvalue weighted by Gasteiger charge is 2.43. The second-order valence-corrected chi connectivity index (χ2v) is 3.45. The Kier molecular flexibility index (Phi) is 2.76. The largest absolute Gasteiger partial charge is 0.458 e. The molecule has 1 heterocycles. The van der Waals surface area contributed by atoms with E-state index in [1.54, 1.807) is 13.8 Å². The summed E-state index contributed by atoms with van der Waals surface area (Å²) in [5.74, 6) is -0.829. The Morgan fingerprint density at radius 2 is 2.21 bits per heavy atom. The van der Waals surface area contributed by atoms with Gasteiger partial charge in [-0.25, -0.2) is 4.79 Å². The molecule has 1 aliphatic heterocycles. The highest BCUT2D eigenvalue weighted by molar-refractivity contribution is 5.98. The number of ketones is 1. The molecule has 1 atom stereocenters. The van der Waals surface area contributed by atoms with Gasteiger partial charge in [0, 0.05) is 5.57 Å². The first-order valence-electron chi connectivity index (χ1n) is 4.54. The molecule has 0 aromatic carbocycles. The topological polar surface area (TPSA) is 63.6 Å². The molecule has 0 saturated heterocycles. The summed E-state index contributed by atoms with van der Waals surface area (Å²) in [6.07, 6.45) is 0.217. The lowest BCUT2D eigenvalue weighted by Crippen LogP contribution is -2.45. The second-order valence-electron chi connectivity index (χ2n) is 3.45. The van der Waals surface area contributed by atoms with Crippen LogP contribution in [0.4, 0.5) is 0 Å². The number of aliphatic hydroxyl groups is 1. The standard InChI is InChI=1S/C10H14O4/c1-4-10(13)6(2)8(7(3)11)5-14-9(10)12/h13H,4-5H2,1-3H3. The Balaban J connectivity index is 3.22. The van der Waals surface area contributed by atoms with Crippen molar-refractivity contribution >= 4 is 11.8 Å². The van der Waals surface area contributed by atoms with Crippen molar-refractivity contribution in [2.24, 2.45) is 0 Å². The van der Waals surface area contributed by atoms with E-state index in [1.165, 1.54) is 6.92 Å². The molecule has 78 valence electrons. The molecule has 1 N–H and O–H groups in total. The zero-order valence-electron chi connectivity index (χ0n) is 8.59. The van der Waals surface area contributed by atoms with Crippen LogP contribution in [-0.4, -0.2) is 29.1 Å². The Morgan fingerprint density at radius 3 is 2.64 bits per heavy atom. The summed E-state index contributed by atoms with van der Waals surface area (Å²) in [6, 6.07) is 0. The Hall–Kier alpha value is -1.16. The van der Waals surface area contributed by atoms with Crippen molar-refractivity contribution in [3.63, 3.8) is 0 Å². The Morgan fingerprint density at radius 1 is 1.64 bits per heavy atom. The van der Waals surface area contributed by atoms with Crippen molar-refractivity contribution in [3.05, 3.63) is 11.1 Å². The average Bonchev–Trinajstić information content (AvgIpc) is 2.14. The van der Waals surface area contributed by atoms with Gasteiger partial charge < -0.3 is 9.84 Å². The van der Waals surface area contributed by atoms with Crippen LogP contribution in [0.25, 0.3) is 0 Å². The molecule has 0 aliphatic carbocycles. The van der Waals surface area contributed by atoms with Crippen LogP contribution in [-0.2, 0) is 14.3 Å². The maximum atomic E-state index is 11.3. The van der Waals surface area contributed by atoms with E-state index in [-0.39, 0.29) is 18.8 Å². The van der Waals surface area contributed by atoms with Crippen LogP contribution in [0.2, 0.25) is 0 Å². The van der Waals surface area contributed by atoms with Gasteiger partial charge in [-0.3, -0.25) is 4.79 Å². The number of ether oxygens (including phenoxy) is 1. The molecule has 1 rings (SSSR count). The molecule has 0 amide bonds. The van der Waals surface area contributed by atoms with Gasteiger partial charge in [-0.1, -0.05) is 6.92 Å². The first-order chi connectivity index (χ1) is 6.43. The number of cyclic esters (lactones) is 1. The summed E-state index contributed by atoms with van der Waals surface area (Å²) in [5, 5.41) is 9.95. The molecular weight excluding hydrogens is 184 g/mol. The van der Waals surface area contributed by atoms with Gasteiger partial charge in [-0.2, -0.15) is 0 Å². The maximum Gasteiger partial charge on any atom is 0.342 e. The lowest BCUT2D eigenvalue weighted by Gasteiger charge is -2.31. The third-order valence-corrected chi connectivity index (χ3v) is 2.69. The number of carbonyl (C=O) groups excluding carboxylic acids is 2.